The molecule has 1 aliphatic rings. The molecule has 1 aromatic heterocycles. The fourth-order valence-electron chi connectivity index (χ4n) is 3.76. The summed E-state index contributed by atoms with van der Waals surface area (Å²) in [5.74, 6) is -0.463. The van der Waals surface area contributed by atoms with E-state index in [0.29, 0.717) is 41.5 Å². The van der Waals surface area contributed by atoms with Crippen molar-refractivity contribution in [1.29, 1.82) is 5.26 Å². The molecule has 2 heterocycles. The Morgan fingerprint density at radius 3 is 2.57 bits per heavy atom. The van der Waals surface area contributed by atoms with Crippen LogP contribution in [0.4, 0.5) is 4.39 Å². The number of nitriles is 1. The first kappa shape index (κ1) is 20.3. The maximum atomic E-state index is 14.1. The van der Waals surface area contributed by atoms with E-state index in [2.05, 4.69) is 15.4 Å². The number of benzene rings is 2. The van der Waals surface area contributed by atoms with Gasteiger partial charge in [-0.2, -0.15) is 5.26 Å². The van der Waals surface area contributed by atoms with Crippen LogP contribution in [0.15, 0.2) is 48.7 Å². The molecule has 3 aromatic rings. The van der Waals surface area contributed by atoms with Gasteiger partial charge >= 0.3 is 0 Å². The first-order chi connectivity index (χ1) is 14.6. The highest BCUT2D eigenvalue weighted by molar-refractivity contribution is 7.96. The topological polar surface area (TPSA) is 60.2 Å². The molecule has 0 bridgehead atoms. The van der Waals surface area contributed by atoms with Crippen LogP contribution >= 0.6 is 11.9 Å². The van der Waals surface area contributed by atoms with Crippen molar-refractivity contribution >= 4 is 28.8 Å². The lowest BCUT2D eigenvalue weighted by Gasteiger charge is -2.33. The second-order valence-electron chi connectivity index (χ2n) is 7.14. The van der Waals surface area contributed by atoms with E-state index in [9.17, 15) is 9.18 Å². The number of pyridine rings is 1. The molecule has 7 heteroatoms. The molecule has 30 heavy (non-hydrogen) atoms. The lowest BCUT2D eigenvalue weighted by Crippen LogP contribution is -2.46. The van der Waals surface area contributed by atoms with Crippen LogP contribution < -0.4 is 0 Å². The van der Waals surface area contributed by atoms with E-state index in [-0.39, 0.29) is 11.7 Å². The van der Waals surface area contributed by atoms with Gasteiger partial charge in [0.25, 0.3) is 5.91 Å². The monoisotopic (exact) mass is 420 g/mol. The summed E-state index contributed by atoms with van der Waals surface area (Å²) in [6.07, 6.45) is 3.95. The van der Waals surface area contributed by atoms with Gasteiger partial charge in [0.1, 0.15) is 5.82 Å². The Balaban J connectivity index is 1.80. The van der Waals surface area contributed by atoms with Crippen molar-refractivity contribution in [3.63, 3.8) is 0 Å². The van der Waals surface area contributed by atoms with Gasteiger partial charge in [-0.1, -0.05) is 36.2 Å². The van der Waals surface area contributed by atoms with Gasteiger partial charge < -0.3 is 4.90 Å². The number of nitrogens with zero attached hydrogens (tertiary/aromatic N) is 4. The molecule has 5 nitrogen and oxygen atoms in total. The van der Waals surface area contributed by atoms with Gasteiger partial charge in [-0.05, 0) is 35.6 Å². The van der Waals surface area contributed by atoms with Crippen molar-refractivity contribution in [2.75, 3.05) is 32.4 Å². The molecule has 2 aromatic carbocycles. The molecule has 0 atom stereocenters. The summed E-state index contributed by atoms with van der Waals surface area (Å²) in [7, 11) is 0. The third-order valence-corrected chi connectivity index (χ3v) is 6.25. The summed E-state index contributed by atoms with van der Waals surface area (Å²) in [5, 5.41) is 9.53. The van der Waals surface area contributed by atoms with Crippen LogP contribution in [0.5, 0.6) is 0 Å². The zero-order valence-electron chi connectivity index (χ0n) is 16.6. The van der Waals surface area contributed by atoms with Crippen molar-refractivity contribution in [3.8, 4) is 17.2 Å². The number of carbonyl (C=O) groups is 1. The van der Waals surface area contributed by atoms with Gasteiger partial charge in [-0.15, -0.1) is 0 Å². The zero-order chi connectivity index (χ0) is 21.1. The van der Waals surface area contributed by atoms with E-state index in [1.807, 2.05) is 35.4 Å². The minimum absolute atomic E-state index is 0.0921. The number of aromatic nitrogens is 1. The molecule has 4 rings (SSSR count). The average Bonchev–Trinajstić information content (AvgIpc) is 2.78. The normalized spacial score (nSPS) is 14.6. The summed E-state index contributed by atoms with van der Waals surface area (Å²) in [4.78, 5) is 19.7. The second-order valence-corrected chi connectivity index (χ2v) is 8.03. The van der Waals surface area contributed by atoms with Gasteiger partial charge in [-0.25, -0.2) is 8.70 Å². The molecule has 0 aliphatic carbocycles. The number of rotatable bonds is 4. The van der Waals surface area contributed by atoms with Crippen LogP contribution in [0.25, 0.3) is 22.0 Å². The summed E-state index contributed by atoms with van der Waals surface area (Å²) in [6, 6.07) is 14.1. The fourth-order valence-corrected chi connectivity index (χ4v) is 4.29. The quantitative estimate of drug-likeness (QED) is 0.594. The Bertz CT molecular complexity index is 1120. The average molecular weight is 421 g/mol. The fraction of sp³-hybridized carbons (Fsp3) is 0.261. The van der Waals surface area contributed by atoms with Crippen molar-refractivity contribution in [2.45, 2.75) is 6.42 Å². The van der Waals surface area contributed by atoms with Gasteiger partial charge in [0.2, 0.25) is 0 Å². The summed E-state index contributed by atoms with van der Waals surface area (Å²) >= 11 is 1.68. The maximum Gasteiger partial charge on any atom is 0.256 e. The first-order valence-corrected chi connectivity index (χ1v) is 10.9. The molecule has 152 valence electrons. The summed E-state index contributed by atoms with van der Waals surface area (Å²) in [5.41, 5.74) is 3.49. The van der Waals surface area contributed by atoms with Gasteiger partial charge in [-0.3, -0.25) is 9.78 Å². The standard InChI is InChI=1S/C23H21FN4OS/c1-30-28-12-10-27(11-13-28)23(29)20-15-26-21-7-6-18(24)14-19(21)22(20)17-4-2-16(3-5-17)8-9-25/h2-7,14-15H,8,10-13H2,1H3. The predicted molar refractivity (Wildman–Crippen MR) is 117 cm³/mol. The largest absolute Gasteiger partial charge is 0.336 e. The molecule has 1 fully saturated rings. The molecular weight excluding hydrogens is 399 g/mol. The first-order valence-electron chi connectivity index (χ1n) is 9.73. The predicted octanol–water partition coefficient (Wildman–Crippen LogP) is 4.14. The molecule has 0 spiro atoms. The number of fused-ring (bicyclic) bond motifs is 1. The highest BCUT2D eigenvalue weighted by atomic mass is 32.2. The van der Waals surface area contributed by atoms with Crippen molar-refractivity contribution < 1.29 is 9.18 Å². The van der Waals surface area contributed by atoms with Crippen LogP contribution in [-0.2, 0) is 6.42 Å². The highest BCUT2D eigenvalue weighted by Crippen LogP contribution is 2.33. The SMILES string of the molecule is CSN1CCN(C(=O)c2cnc3ccc(F)cc3c2-c2ccc(CC#N)cc2)CC1. The van der Waals surface area contributed by atoms with Crippen molar-refractivity contribution in [2.24, 2.45) is 0 Å². The molecule has 1 aliphatic heterocycles. The van der Waals surface area contributed by atoms with E-state index in [0.717, 1.165) is 24.2 Å². The van der Waals surface area contributed by atoms with Crippen LogP contribution in [0.3, 0.4) is 0 Å². The van der Waals surface area contributed by atoms with Crippen LogP contribution in [-0.4, -0.2) is 52.5 Å². The number of piperazine rings is 1. The Kier molecular flexibility index (Phi) is 5.98. The van der Waals surface area contributed by atoms with Crippen molar-refractivity contribution in [1.82, 2.24) is 14.2 Å². The molecule has 0 radical (unpaired) electrons. The smallest absolute Gasteiger partial charge is 0.256 e. The lowest BCUT2D eigenvalue weighted by atomic mass is 9.94. The van der Waals surface area contributed by atoms with Crippen LogP contribution in [0.1, 0.15) is 15.9 Å². The van der Waals surface area contributed by atoms with Gasteiger partial charge in [0.05, 0.1) is 23.6 Å². The number of carbonyl (C=O) groups excluding carboxylic acids is 1. The molecule has 1 saturated heterocycles. The summed E-state index contributed by atoms with van der Waals surface area (Å²) < 4.78 is 16.3. The number of halogens is 1. The van der Waals surface area contributed by atoms with E-state index < -0.39 is 0 Å². The minimum Gasteiger partial charge on any atom is -0.336 e. The van der Waals surface area contributed by atoms with E-state index in [4.69, 9.17) is 5.26 Å². The Hall–Kier alpha value is -2.95. The highest BCUT2D eigenvalue weighted by Gasteiger charge is 2.25. The molecule has 1 amide bonds. The van der Waals surface area contributed by atoms with E-state index in [1.165, 1.54) is 12.1 Å². The number of hydrogen-bond donors (Lipinski definition) is 0. The molecular formula is C23H21FN4OS. The maximum absolute atomic E-state index is 14.1. The van der Waals surface area contributed by atoms with Crippen LogP contribution in [0, 0.1) is 17.1 Å². The van der Waals surface area contributed by atoms with Crippen molar-refractivity contribution in [3.05, 3.63) is 65.6 Å². The third kappa shape index (κ3) is 4.02. The number of amides is 1. The van der Waals surface area contributed by atoms with Gasteiger partial charge in [0, 0.05) is 43.3 Å². The Morgan fingerprint density at radius 1 is 1.17 bits per heavy atom. The van der Waals surface area contributed by atoms with E-state index >= 15 is 0 Å². The molecule has 0 N–H and O–H groups in total. The minimum atomic E-state index is -0.371. The van der Waals surface area contributed by atoms with Gasteiger partial charge in [0.15, 0.2) is 0 Å². The molecule has 0 unspecified atom stereocenters. The Labute approximate surface area is 179 Å². The van der Waals surface area contributed by atoms with E-state index in [1.54, 1.807) is 24.2 Å². The zero-order valence-corrected chi connectivity index (χ0v) is 17.5. The molecule has 0 saturated carbocycles. The number of hydrogen-bond acceptors (Lipinski definition) is 5. The second kappa shape index (κ2) is 8.82. The Morgan fingerprint density at radius 2 is 1.90 bits per heavy atom. The third-order valence-electron chi connectivity index (χ3n) is 5.37. The van der Waals surface area contributed by atoms with Crippen LogP contribution in [0.2, 0.25) is 0 Å². The summed E-state index contributed by atoms with van der Waals surface area (Å²) in [6.45, 7) is 2.89. The lowest BCUT2D eigenvalue weighted by molar-refractivity contribution is 0.0704.